The number of amides is 2. The van der Waals surface area contributed by atoms with Crippen LogP contribution in [0.25, 0.3) is 0 Å². The van der Waals surface area contributed by atoms with Crippen LogP contribution in [0, 0.1) is 18.7 Å². The summed E-state index contributed by atoms with van der Waals surface area (Å²) in [5.74, 6) is -0.774. The number of nitrogens with one attached hydrogen (secondary N) is 1. The van der Waals surface area contributed by atoms with Crippen molar-refractivity contribution in [1.82, 2.24) is 5.32 Å². The van der Waals surface area contributed by atoms with Crippen molar-refractivity contribution in [2.45, 2.75) is 45.2 Å². The Hall–Kier alpha value is -1.91. The van der Waals surface area contributed by atoms with E-state index >= 15 is 0 Å². The standard InChI is InChI=1S/C16H19FN2O2/c1-9-4-7-13(12(17)8-9)19-10(2)14(20)18-16(3,15(19)21)11-5-6-11/h4,7-8,10-11H,5-6H2,1-3H3,(H,18,20). The second-order valence-electron chi connectivity index (χ2n) is 6.27. The zero-order chi connectivity index (χ0) is 15.4. The molecule has 1 heterocycles. The summed E-state index contributed by atoms with van der Waals surface area (Å²) in [6.07, 6.45) is 1.84. The molecule has 1 saturated heterocycles. The number of piperazine rings is 1. The summed E-state index contributed by atoms with van der Waals surface area (Å²) in [6.45, 7) is 5.16. The van der Waals surface area contributed by atoms with Crippen LogP contribution in [0.3, 0.4) is 0 Å². The van der Waals surface area contributed by atoms with E-state index in [-0.39, 0.29) is 23.4 Å². The summed E-state index contributed by atoms with van der Waals surface area (Å²) in [5.41, 5.74) is 0.0450. The lowest BCUT2D eigenvalue weighted by Crippen LogP contribution is -2.70. The van der Waals surface area contributed by atoms with Gasteiger partial charge >= 0.3 is 0 Å². The first-order valence-electron chi connectivity index (χ1n) is 7.26. The average Bonchev–Trinajstić information content (AvgIpc) is 3.24. The van der Waals surface area contributed by atoms with E-state index in [4.69, 9.17) is 0 Å². The number of carbonyl (C=O) groups is 2. The number of anilines is 1. The summed E-state index contributed by atoms with van der Waals surface area (Å²) < 4.78 is 14.3. The van der Waals surface area contributed by atoms with Gasteiger partial charge < -0.3 is 5.32 Å². The first-order valence-corrected chi connectivity index (χ1v) is 7.26. The zero-order valence-electron chi connectivity index (χ0n) is 12.4. The van der Waals surface area contributed by atoms with Crippen molar-refractivity contribution in [1.29, 1.82) is 0 Å². The zero-order valence-corrected chi connectivity index (χ0v) is 12.4. The van der Waals surface area contributed by atoms with Crippen LogP contribution in [-0.2, 0) is 9.59 Å². The maximum absolute atomic E-state index is 14.3. The number of nitrogens with zero attached hydrogens (tertiary/aromatic N) is 1. The minimum absolute atomic E-state index is 0.150. The van der Waals surface area contributed by atoms with Crippen LogP contribution in [0.1, 0.15) is 32.3 Å². The Kier molecular flexibility index (Phi) is 3.04. The third-order valence-electron chi connectivity index (χ3n) is 4.57. The van der Waals surface area contributed by atoms with Crippen LogP contribution in [0.5, 0.6) is 0 Å². The van der Waals surface area contributed by atoms with Crippen molar-refractivity contribution in [2.75, 3.05) is 4.90 Å². The molecule has 2 fully saturated rings. The highest BCUT2D eigenvalue weighted by molar-refractivity contribution is 6.10. The quantitative estimate of drug-likeness (QED) is 0.907. The Morgan fingerprint density at radius 2 is 2.00 bits per heavy atom. The van der Waals surface area contributed by atoms with Gasteiger partial charge in [-0.15, -0.1) is 0 Å². The molecule has 0 radical (unpaired) electrons. The van der Waals surface area contributed by atoms with Crippen LogP contribution in [0.2, 0.25) is 0 Å². The van der Waals surface area contributed by atoms with Gasteiger partial charge in [-0.25, -0.2) is 4.39 Å². The number of carbonyl (C=O) groups excluding carboxylic acids is 2. The largest absolute Gasteiger partial charge is 0.340 e. The Labute approximate surface area is 123 Å². The predicted molar refractivity (Wildman–Crippen MR) is 77.4 cm³/mol. The van der Waals surface area contributed by atoms with Crippen LogP contribution < -0.4 is 10.2 Å². The molecule has 3 rings (SSSR count). The van der Waals surface area contributed by atoms with Crippen molar-refractivity contribution < 1.29 is 14.0 Å². The van der Waals surface area contributed by atoms with Crippen molar-refractivity contribution in [3.8, 4) is 0 Å². The van der Waals surface area contributed by atoms with E-state index < -0.39 is 17.4 Å². The third kappa shape index (κ3) is 2.11. The van der Waals surface area contributed by atoms with E-state index in [9.17, 15) is 14.0 Å². The Balaban J connectivity index is 2.05. The molecule has 0 bridgehead atoms. The van der Waals surface area contributed by atoms with E-state index in [2.05, 4.69) is 5.32 Å². The van der Waals surface area contributed by atoms with E-state index in [1.54, 1.807) is 32.9 Å². The van der Waals surface area contributed by atoms with Crippen LogP contribution in [-0.4, -0.2) is 23.4 Å². The molecular weight excluding hydrogens is 271 g/mol. The van der Waals surface area contributed by atoms with Crippen molar-refractivity contribution >= 4 is 17.5 Å². The number of benzene rings is 1. The van der Waals surface area contributed by atoms with E-state index in [1.807, 2.05) is 0 Å². The molecule has 1 aliphatic carbocycles. The van der Waals surface area contributed by atoms with Gasteiger partial charge in [-0.3, -0.25) is 14.5 Å². The fraction of sp³-hybridized carbons (Fsp3) is 0.500. The van der Waals surface area contributed by atoms with E-state index in [1.165, 1.54) is 11.0 Å². The van der Waals surface area contributed by atoms with E-state index in [0.29, 0.717) is 0 Å². The van der Waals surface area contributed by atoms with Gasteiger partial charge in [0.2, 0.25) is 5.91 Å². The summed E-state index contributed by atoms with van der Waals surface area (Å²) in [6, 6.07) is 4.00. The fourth-order valence-corrected chi connectivity index (χ4v) is 3.02. The lowest BCUT2D eigenvalue weighted by molar-refractivity contribution is -0.138. The molecule has 1 saturated carbocycles. The minimum atomic E-state index is -0.916. The maximum atomic E-state index is 14.3. The minimum Gasteiger partial charge on any atom is -0.340 e. The molecule has 1 aromatic carbocycles. The monoisotopic (exact) mass is 290 g/mol. The molecule has 0 spiro atoms. The van der Waals surface area contributed by atoms with Gasteiger partial charge in [-0.05, 0) is 57.2 Å². The van der Waals surface area contributed by atoms with Crippen LogP contribution in [0.4, 0.5) is 10.1 Å². The number of hydrogen-bond donors (Lipinski definition) is 1. The molecule has 1 aromatic rings. The van der Waals surface area contributed by atoms with Gasteiger partial charge in [0.25, 0.3) is 5.91 Å². The summed E-state index contributed by atoms with van der Waals surface area (Å²) in [5, 5.41) is 2.83. The Bertz CT molecular complexity index is 627. The number of aryl methyl sites for hydroxylation is 1. The van der Waals surface area contributed by atoms with Crippen LogP contribution >= 0.6 is 0 Å². The van der Waals surface area contributed by atoms with E-state index in [0.717, 1.165) is 18.4 Å². The summed E-state index contributed by atoms with van der Waals surface area (Å²) in [7, 11) is 0. The normalized spacial score (nSPS) is 29.5. The maximum Gasteiger partial charge on any atom is 0.253 e. The van der Waals surface area contributed by atoms with Gasteiger partial charge in [-0.1, -0.05) is 6.07 Å². The van der Waals surface area contributed by atoms with Gasteiger partial charge in [-0.2, -0.15) is 0 Å². The van der Waals surface area contributed by atoms with Gasteiger partial charge in [0.15, 0.2) is 0 Å². The molecule has 2 unspecified atom stereocenters. The summed E-state index contributed by atoms with van der Waals surface area (Å²) >= 11 is 0. The Morgan fingerprint density at radius 3 is 2.57 bits per heavy atom. The van der Waals surface area contributed by atoms with Gasteiger partial charge in [0, 0.05) is 0 Å². The molecule has 1 aliphatic heterocycles. The lowest BCUT2D eigenvalue weighted by atomic mass is 9.89. The third-order valence-corrected chi connectivity index (χ3v) is 4.57. The Morgan fingerprint density at radius 1 is 1.33 bits per heavy atom. The molecule has 5 heteroatoms. The molecule has 2 atom stereocenters. The molecular formula is C16H19FN2O2. The average molecular weight is 290 g/mol. The number of hydrogen-bond acceptors (Lipinski definition) is 2. The summed E-state index contributed by atoms with van der Waals surface area (Å²) in [4.78, 5) is 26.4. The SMILES string of the molecule is Cc1ccc(N2C(=O)C(C)(C3CC3)NC(=O)C2C)c(F)c1. The molecule has 2 aliphatic rings. The second kappa shape index (κ2) is 4.55. The van der Waals surface area contributed by atoms with Crippen LogP contribution in [0.15, 0.2) is 18.2 Å². The molecule has 4 nitrogen and oxygen atoms in total. The molecule has 112 valence electrons. The highest BCUT2D eigenvalue weighted by atomic mass is 19.1. The molecule has 21 heavy (non-hydrogen) atoms. The predicted octanol–water partition coefficient (Wildman–Crippen LogP) is 2.15. The van der Waals surface area contributed by atoms with Crippen molar-refractivity contribution in [3.05, 3.63) is 29.6 Å². The lowest BCUT2D eigenvalue weighted by Gasteiger charge is -2.43. The van der Waals surface area contributed by atoms with Crippen molar-refractivity contribution in [3.63, 3.8) is 0 Å². The number of rotatable bonds is 2. The highest BCUT2D eigenvalue weighted by Gasteiger charge is 2.55. The molecule has 1 N–H and O–H groups in total. The van der Waals surface area contributed by atoms with Gasteiger partial charge in [0.1, 0.15) is 17.4 Å². The first kappa shape index (κ1) is 14.0. The molecule has 0 aromatic heterocycles. The number of halogens is 1. The smallest absolute Gasteiger partial charge is 0.253 e. The second-order valence-corrected chi connectivity index (χ2v) is 6.27. The highest BCUT2D eigenvalue weighted by Crippen LogP contribution is 2.43. The molecule has 2 amide bonds. The first-order chi connectivity index (χ1) is 9.84. The topological polar surface area (TPSA) is 49.4 Å². The van der Waals surface area contributed by atoms with Crippen molar-refractivity contribution in [2.24, 2.45) is 5.92 Å². The van der Waals surface area contributed by atoms with Gasteiger partial charge in [0.05, 0.1) is 5.69 Å². The fourth-order valence-electron chi connectivity index (χ4n) is 3.02.